The first kappa shape index (κ1) is 20.4. The maximum absolute atomic E-state index is 12.5. The predicted molar refractivity (Wildman–Crippen MR) is 108 cm³/mol. The Morgan fingerprint density at radius 2 is 2.21 bits per heavy atom. The van der Waals surface area contributed by atoms with Crippen molar-refractivity contribution < 1.29 is 24.4 Å². The number of amides is 1. The number of β-lactam (4-membered cyclic amide) rings is 1. The Kier molecular flexibility index (Phi) is 5.25. The summed E-state index contributed by atoms with van der Waals surface area (Å²) in [5.74, 6) is -1.92. The highest BCUT2D eigenvalue weighted by atomic mass is 32.2. The van der Waals surface area contributed by atoms with Gasteiger partial charge < -0.3 is 20.4 Å². The van der Waals surface area contributed by atoms with E-state index in [2.05, 4.69) is 16.1 Å². The second-order valence-electron chi connectivity index (χ2n) is 8.57. The minimum Gasteiger partial charge on any atom is -0.477 e. The molecule has 3 N–H and O–H groups in total. The molecule has 29 heavy (non-hydrogen) atoms. The Hall–Kier alpha value is -1.84. The topological polar surface area (TPSA) is 98.7 Å². The maximum atomic E-state index is 12.5. The number of rotatable bonds is 6. The second kappa shape index (κ2) is 7.45. The fraction of sp³-hybridized carbons (Fsp3) is 0.650. The zero-order valence-electron chi connectivity index (χ0n) is 17.2. The van der Waals surface area contributed by atoms with Gasteiger partial charge in [0.05, 0.1) is 32.2 Å². The number of carboxylic acids is 1. The number of aliphatic hydroxyl groups excluding tert-OH is 1. The van der Waals surface area contributed by atoms with Gasteiger partial charge in [-0.3, -0.25) is 4.79 Å². The van der Waals surface area contributed by atoms with Crippen LogP contribution in [-0.4, -0.2) is 61.5 Å². The second-order valence-corrected chi connectivity index (χ2v) is 9.91. The van der Waals surface area contributed by atoms with Crippen molar-refractivity contribution in [1.82, 2.24) is 14.8 Å². The number of aryl methyl sites for hydroxylation is 2. The molecular weight excluding hydrogens is 392 g/mol. The van der Waals surface area contributed by atoms with Gasteiger partial charge in [0.25, 0.3) is 0 Å². The Labute approximate surface area is 174 Å². The Morgan fingerprint density at radius 1 is 1.48 bits per heavy atom. The highest BCUT2D eigenvalue weighted by molar-refractivity contribution is 8.03. The van der Waals surface area contributed by atoms with E-state index in [1.165, 1.54) is 10.6 Å². The molecule has 1 amide bonds. The summed E-state index contributed by atoms with van der Waals surface area (Å²) in [7, 11) is 4.05. The molecular formula is C20H29N4O4S+. The number of nitrogens with one attached hydrogen (secondary N) is 1. The van der Waals surface area contributed by atoms with Crippen LogP contribution >= 0.6 is 11.8 Å². The first-order valence-corrected chi connectivity index (χ1v) is 11.0. The van der Waals surface area contributed by atoms with Crippen LogP contribution in [0.2, 0.25) is 0 Å². The molecule has 2 fully saturated rings. The van der Waals surface area contributed by atoms with Gasteiger partial charge in [-0.15, -0.1) is 11.8 Å². The zero-order valence-corrected chi connectivity index (χ0v) is 18.0. The Balaban J connectivity index is 1.47. The molecule has 8 nitrogen and oxygen atoms in total. The lowest BCUT2D eigenvalue weighted by atomic mass is 9.79. The van der Waals surface area contributed by atoms with Gasteiger partial charge in [-0.1, -0.05) is 6.92 Å². The van der Waals surface area contributed by atoms with Gasteiger partial charge in [0.2, 0.25) is 12.2 Å². The summed E-state index contributed by atoms with van der Waals surface area (Å²) in [6.07, 6.45) is 5.27. The van der Waals surface area contributed by atoms with Crippen LogP contribution in [0, 0.1) is 11.8 Å². The molecule has 9 heteroatoms. The van der Waals surface area contributed by atoms with Crippen LogP contribution < -0.4 is 9.88 Å². The third kappa shape index (κ3) is 3.39. The fourth-order valence-corrected chi connectivity index (χ4v) is 6.56. The highest BCUT2D eigenvalue weighted by Gasteiger charge is 2.60. The molecule has 158 valence electrons. The molecule has 1 aromatic heterocycles. The monoisotopic (exact) mass is 421 g/mol. The van der Waals surface area contributed by atoms with Gasteiger partial charge in [-0.05, 0) is 13.3 Å². The average Bonchev–Trinajstić information content (AvgIpc) is 3.26. The van der Waals surface area contributed by atoms with E-state index in [9.17, 15) is 19.8 Å². The van der Waals surface area contributed by atoms with Crippen LogP contribution in [0.15, 0.2) is 23.1 Å². The fourth-order valence-electron chi connectivity index (χ4n) is 5.04. The number of hydrogen-bond acceptors (Lipinski definition) is 5. The van der Waals surface area contributed by atoms with Crippen LogP contribution in [0.3, 0.4) is 0 Å². The number of fused-ring (bicyclic) bond motifs is 1. The molecule has 0 unspecified atom stereocenters. The molecule has 4 rings (SSSR count). The van der Waals surface area contributed by atoms with Crippen LogP contribution in [0.25, 0.3) is 0 Å². The molecule has 3 aliphatic rings. The summed E-state index contributed by atoms with van der Waals surface area (Å²) >= 11 is 1.60. The molecule has 0 aliphatic carbocycles. The first-order valence-electron chi connectivity index (χ1n) is 10.1. The number of carbonyl (C=O) groups is 2. The molecule has 6 atom stereocenters. The summed E-state index contributed by atoms with van der Waals surface area (Å²) < 4.78 is 4.17. The number of aromatic nitrogens is 2. The van der Waals surface area contributed by atoms with Crippen molar-refractivity contribution in [2.45, 2.75) is 50.1 Å². The van der Waals surface area contributed by atoms with Crippen LogP contribution in [0.5, 0.6) is 0 Å². The molecule has 0 saturated carbocycles. The zero-order chi connectivity index (χ0) is 21.0. The van der Waals surface area contributed by atoms with Gasteiger partial charge >= 0.3 is 5.97 Å². The Bertz CT molecular complexity index is 880. The minimum absolute atomic E-state index is 0.0747. The lowest BCUT2D eigenvalue weighted by Crippen LogP contribution is -2.63. The van der Waals surface area contributed by atoms with Crippen molar-refractivity contribution in [3.8, 4) is 0 Å². The molecule has 1 aromatic rings. The summed E-state index contributed by atoms with van der Waals surface area (Å²) in [5.41, 5.74) is 1.37. The van der Waals surface area contributed by atoms with Crippen molar-refractivity contribution in [3.05, 3.63) is 28.8 Å². The van der Waals surface area contributed by atoms with E-state index in [1.54, 1.807) is 18.7 Å². The lowest BCUT2D eigenvalue weighted by Gasteiger charge is -2.46. The molecule has 3 aliphatic heterocycles. The van der Waals surface area contributed by atoms with Gasteiger partial charge in [-0.2, -0.15) is 0 Å². The first-order chi connectivity index (χ1) is 13.7. The molecule has 0 bridgehead atoms. The Morgan fingerprint density at radius 3 is 2.79 bits per heavy atom. The number of hydrogen-bond donors (Lipinski definition) is 3. The molecule has 0 radical (unpaired) electrons. The summed E-state index contributed by atoms with van der Waals surface area (Å²) in [6.45, 7) is 4.39. The predicted octanol–water partition coefficient (Wildman–Crippen LogP) is 0.00950. The summed E-state index contributed by atoms with van der Waals surface area (Å²) in [6, 6.07) is 0.0974. The normalized spacial score (nSPS) is 32.5. The van der Waals surface area contributed by atoms with Gasteiger partial charge in [-0.25, -0.2) is 13.9 Å². The molecule has 0 aromatic carbocycles. The van der Waals surface area contributed by atoms with Crippen molar-refractivity contribution in [2.24, 2.45) is 25.9 Å². The number of thioether (sulfide) groups is 1. The standard InChI is InChI=1S/C20H28N4O4S/c1-10-16-15(11(2)25)19(26)24(16)17(20(27)28)18(10)29-14-6-12(21-7-14)5-13-8-22(3)9-23(13)4/h8-12,14-16,21,25H,5-7H2,1-4H3/p+1/t10-,11-,12-,14+,15-,16-/m1/s1. The van der Waals surface area contributed by atoms with Crippen LogP contribution in [-0.2, 0) is 30.1 Å². The van der Waals surface area contributed by atoms with Gasteiger partial charge in [0.15, 0.2) is 0 Å². The SMILES string of the molecule is C[C@@H](O)[C@H]1C(=O)N2C(C(=O)O)=C(S[C@@H]3CN[C@H](Cc4c[n+](C)cn4C)C3)[C@H](C)[C@H]12. The van der Waals surface area contributed by atoms with Gasteiger partial charge in [0, 0.05) is 35.1 Å². The number of nitrogens with zero attached hydrogens (tertiary/aromatic N) is 3. The van der Waals surface area contributed by atoms with E-state index in [0.717, 1.165) is 24.3 Å². The van der Waals surface area contributed by atoms with E-state index in [1.807, 2.05) is 31.9 Å². The molecule has 4 heterocycles. The number of aliphatic hydroxyl groups is 1. The largest absolute Gasteiger partial charge is 0.477 e. The summed E-state index contributed by atoms with van der Waals surface area (Å²) in [5, 5.41) is 23.6. The quantitative estimate of drug-likeness (QED) is 0.442. The summed E-state index contributed by atoms with van der Waals surface area (Å²) in [4.78, 5) is 26.6. The van der Waals surface area contributed by atoms with E-state index < -0.39 is 18.0 Å². The van der Waals surface area contributed by atoms with E-state index >= 15 is 0 Å². The minimum atomic E-state index is -1.06. The number of imidazole rings is 1. The van der Waals surface area contributed by atoms with E-state index in [0.29, 0.717) is 6.04 Å². The van der Waals surface area contributed by atoms with Crippen molar-refractivity contribution >= 4 is 23.6 Å². The smallest absolute Gasteiger partial charge is 0.353 e. The number of carboxylic acid groups (broad SMARTS) is 1. The van der Waals surface area contributed by atoms with Crippen LogP contribution in [0.4, 0.5) is 0 Å². The van der Waals surface area contributed by atoms with Crippen molar-refractivity contribution in [3.63, 3.8) is 0 Å². The third-order valence-electron chi connectivity index (χ3n) is 6.40. The van der Waals surface area contributed by atoms with Crippen molar-refractivity contribution in [2.75, 3.05) is 6.54 Å². The molecule has 2 saturated heterocycles. The number of carbonyl (C=O) groups excluding carboxylic acids is 1. The van der Waals surface area contributed by atoms with Crippen molar-refractivity contribution in [1.29, 1.82) is 0 Å². The number of aliphatic carboxylic acids is 1. The molecule has 0 spiro atoms. The third-order valence-corrected chi connectivity index (χ3v) is 7.91. The van der Waals surface area contributed by atoms with E-state index in [4.69, 9.17) is 0 Å². The van der Waals surface area contributed by atoms with Gasteiger partial charge in [0.1, 0.15) is 17.6 Å². The van der Waals surface area contributed by atoms with Crippen LogP contribution in [0.1, 0.15) is 26.0 Å². The highest BCUT2D eigenvalue weighted by Crippen LogP contribution is 2.51. The lowest BCUT2D eigenvalue weighted by molar-refractivity contribution is -0.671. The maximum Gasteiger partial charge on any atom is 0.353 e. The average molecular weight is 422 g/mol. The van der Waals surface area contributed by atoms with E-state index in [-0.39, 0.29) is 28.8 Å².